The van der Waals surface area contributed by atoms with E-state index in [1.165, 1.54) is 4.31 Å². The number of anilines is 1. The summed E-state index contributed by atoms with van der Waals surface area (Å²) >= 11 is 0. The first-order valence-electron chi connectivity index (χ1n) is 11.0. The lowest BCUT2D eigenvalue weighted by Crippen LogP contribution is -2.51. The highest BCUT2D eigenvalue weighted by atomic mass is 32.2. The second-order valence-corrected chi connectivity index (χ2v) is 10.3. The van der Waals surface area contributed by atoms with E-state index in [0.717, 1.165) is 16.7 Å². The number of hydrogen-bond donors (Lipinski definition) is 1. The first-order chi connectivity index (χ1) is 16.2. The van der Waals surface area contributed by atoms with Crippen molar-refractivity contribution in [2.45, 2.75) is 37.8 Å². The number of amides is 1. The molecule has 1 aliphatic rings. The minimum absolute atomic E-state index is 0.142. The summed E-state index contributed by atoms with van der Waals surface area (Å²) in [7, 11) is -2.34. The van der Waals surface area contributed by atoms with Crippen molar-refractivity contribution in [1.29, 1.82) is 0 Å². The number of rotatable bonds is 6. The normalized spacial score (nSPS) is 16.2. The number of ether oxygens (including phenoxy) is 2. The van der Waals surface area contributed by atoms with Gasteiger partial charge in [0.1, 0.15) is 11.5 Å². The third-order valence-electron chi connectivity index (χ3n) is 5.85. The number of benzene rings is 3. The summed E-state index contributed by atoms with van der Waals surface area (Å²) in [4.78, 5) is 13.4. The Morgan fingerprint density at radius 2 is 1.74 bits per heavy atom. The Kier molecular flexibility index (Phi) is 6.52. The molecule has 34 heavy (non-hydrogen) atoms. The summed E-state index contributed by atoms with van der Waals surface area (Å²) < 4.78 is 39.8. The number of sulfonamides is 1. The Labute approximate surface area is 200 Å². The molecule has 0 saturated carbocycles. The number of carbonyl (C=O) groups is 1. The van der Waals surface area contributed by atoms with Crippen LogP contribution < -0.4 is 19.1 Å². The second kappa shape index (κ2) is 9.38. The minimum Gasteiger partial charge on any atom is -0.496 e. The van der Waals surface area contributed by atoms with Crippen molar-refractivity contribution in [1.82, 2.24) is 5.32 Å². The zero-order chi connectivity index (χ0) is 24.5. The summed E-state index contributed by atoms with van der Waals surface area (Å²) in [6.07, 6.45) is -1.02. The van der Waals surface area contributed by atoms with E-state index in [1.807, 2.05) is 51.1 Å². The van der Waals surface area contributed by atoms with Crippen molar-refractivity contribution in [3.63, 3.8) is 0 Å². The van der Waals surface area contributed by atoms with Gasteiger partial charge in [-0.25, -0.2) is 8.42 Å². The average Bonchev–Trinajstić information content (AvgIpc) is 2.83. The number of methoxy groups -OCH3 is 1. The molecule has 3 aromatic carbocycles. The van der Waals surface area contributed by atoms with Gasteiger partial charge in [0, 0.05) is 5.56 Å². The highest BCUT2D eigenvalue weighted by molar-refractivity contribution is 7.92. The van der Waals surface area contributed by atoms with Crippen LogP contribution in [0.2, 0.25) is 0 Å². The molecular weight excluding hydrogens is 452 g/mol. The molecular formula is C26H28N2O5S. The van der Waals surface area contributed by atoms with Gasteiger partial charge in [0.2, 0.25) is 0 Å². The van der Waals surface area contributed by atoms with Crippen LogP contribution in [-0.2, 0) is 14.8 Å². The van der Waals surface area contributed by atoms with Crippen molar-refractivity contribution in [2.75, 3.05) is 18.0 Å². The molecule has 1 N–H and O–H groups in total. The fourth-order valence-corrected chi connectivity index (χ4v) is 5.45. The lowest BCUT2D eigenvalue weighted by Gasteiger charge is -2.35. The average molecular weight is 481 g/mol. The molecule has 7 nitrogen and oxygen atoms in total. The Morgan fingerprint density at radius 3 is 2.44 bits per heavy atom. The van der Waals surface area contributed by atoms with Crippen LogP contribution >= 0.6 is 0 Å². The number of nitrogens with zero attached hydrogens (tertiary/aromatic N) is 1. The molecule has 0 saturated heterocycles. The number of aryl methyl sites for hydroxylation is 2. The lowest BCUT2D eigenvalue weighted by atomic mass is 10.1. The van der Waals surface area contributed by atoms with Crippen LogP contribution in [0.5, 0.6) is 11.5 Å². The quantitative estimate of drug-likeness (QED) is 0.573. The summed E-state index contributed by atoms with van der Waals surface area (Å²) in [5, 5.41) is 2.94. The van der Waals surface area contributed by atoms with Gasteiger partial charge in [0.05, 0.1) is 30.3 Å². The number of nitrogens with one attached hydrogen (secondary N) is 1. The molecule has 1 amide bonds. The van der Waals surface area contributed by atoms with Crippen LogP contribution in [0.25, 0.3) is 0 Å². The maximum Gasteiger partial charge on any atom is 0.264 e. The van der Waals surface area contributed by atoms with Gasteiger partial charge >= 0.3 is 0 Å². The van der Waals surface area contributed by atoms with Gasteiger partial charge in [-0.05, 0) is 56.7 Å². The Morgan fingerprint density at radius 1 is 1.06 bits per heavy atom. The van der Waals surface area contributed by atoms with Crippen LogP contribution in [0.3, 0.4) is 0 Å². The molecule has 2 atom stereocenters. The molecule has 3 aromatic rings. The van der Waals surface area contributed by atoms with Crippen molar-refractivity contribution in [2.24, 2.45) is 0 Å². The van der Waals surface area contributed by atoms with Crippen molar-refractivity contribution in [3.8, 4) is 11.5 Å². The van der Waals surface area contributed by atoms with E-state index in [0.29, 0.717) is 17.2 Å². The fraction of sp³-hybridized carbons (Fsp3) is 0.269. The SMILES string of the molecule is COc1ccccc1[C@H](C)NC(=O)[C@H]1CN(S(=O)(=O)c2ccc(C)cc2)c2ccc(C)cc2O1. The number of carbonyl (C=O) groups excluding carboxylic acids is 1. The van der Waals surface area contributed by atoms with E-state index in [2.05, 4.69) is 5.32 Å². The van der Waals surface area contributed by atoms with Crippen LogP contribution in [0.4, 0.5) is 5.69 Å². The summed E-state index contributed by atoms with van der Waals surface area (Å²) in [6, 6.07) is 19.0. The topological polar surface area (TPSA) is 84.9 Å². The lowest BCUT2D eigenvalue weighted by molar-refractivity contribution is -0.128. The third kappa shape index (κ3) is 4.59. The molecule has 0 unspecified atom stereocenters. The first kappa shape index (κ1) is 23.6. The Bertz CT molecular complexity index is 1310. The van der Waals surface area contributed by atoms with Gasteiger partial charge in [0.15, 0.2) is 6.10 Å². The smallest absolute Gasteiger partial charge is 0.264 e. The van der Waals surface area contributed by atoms with Crippen molar-refractivity contribution < 1.29 is 22.7 Å². The third-order valence-corrected chi connectivity index (χ3v) is 7.64. The van der Waals surface area contributed by atoms with Crippen LogP contribution in [-0.4, -0.2) is 34.1 Å². The van der Waals surface area contributed by atoms with Crippen molar-refractivity contribution >= 4 is 21.6 Å². The number of para-hydroxylation sites is 1. The molecule has 1 aliphatic heterocycles. The highest BCUT2D eigenvalue weighted by Gasteiger charge is 2.38. The van der Waals surface area contributed by atoms with Gasteiger partial charge in [-0.2, -0.15) is 0 Å². The monoisotopic (exact) mass is 480 g/mol. The van der Waals surface area contributed by atoms with E-state index in [-0.39, 0.29) is 17.5 Å². The maximum atomic E-state index is 13.6. The number of hydrogen-bond acceptors (Lipinski definition) is 5. The summed E-state index contributed by atoms with van der Waals surface area (Å²) in [6.45, 7) is 5.48. The fourth-order valence-electron chi connectivity index (χ4n) is 3.97. The number of fused-ring (bicyclic) bond motifs is 1. The van der Waals surface area contributed by atoms with Gasteiger partial charge in [0.25, 0.3) is 15.9 Å². The molecule has 0 spiro atoms. The van der Waals surface area contributed by atoms with E-state index < -0.39 is 22.0 Å². The maximum absolute atomic E-state index is 13.6. The molecule has 0 aliphatic carbocycles. The largest absolute Gasteiger partial charge is 0.496 e. The van der Waals surface area contributed by atoms with E-state index in [1.54, 1.807) is 43.5 Å². The molecule has 8 heteroatoms. The van der Waals surface area contributed by atoms with Crippen molar-refractivity contribution in [3.05, 3.63) is 83.4 Å². The zero-order valence-corrected chi connectivity index (χ0v) is 20.4. The predicted molar refractivity (Wildman–Crippen MR) is 131 cm³/mol. The molecule has 1 heterocycles. The Hall–Kier alpha value is -3.52. The van der Waals surface area contributed by atoms with E-state index in [9.17, 15) is 13.2 Å². The van der Waals surface area contributed by atoms with Gasteiger partial charge in [-0.15, -0.1) is 0 Å². The molecule has 0 bridgehead atoms. The summed E-state index contributed by atoms with van der Waals surface area (Å²) in [5.41, 5.74) is 3.08. The molecule has 4 rings (SSSR count). The molecule has 0 radical (unpaired) electrons. The van der Waals surface area contributed by atoms with Crippen LogP contribution in [0, 0.1) is 13.8 Å². The van der Waals surface area contributed by atoms with Gasteiger partial charge in [-0.1, -0.05) is 42.0 Å². The van der Waals surface area contributed by atoms with E-state index >= 15 is 0 Å². The van der Waals surface area contributed by atoms with Gasteiger partial charge < -0.3 is 14.8 Å². The predicted octanol–water partition coefficient (Wildman–Crippen LogP) is 4.15. The molecule has 0 fully saturated rings. The van der Waals surface area contributed by atoms with Gasteiger partial charge in [-0.3, -0.25) is 9.10 Å². The first-order valence-corrected chi connectivity index (χ1v) is 12.4. The minimum atomic E-state index is -3.91. The summed E-state index contributed by atoms with van der Waals surface area (Å²) in [5.74, 6) is 0.603. The van der Waals surface area contributed by atoms with Crippen LogP contribution in [0.1, 0.15) is 29.7 Å². The second-order valence-electron chi connectivity index (χ2n) is 8.40. The highest BCUT2D eigenvalue weighted by Crippen LogP contribution is 2.38. The zero-order valence-electron chi connectivity index (χ0n) is 19.6. The Balaban J connectivity index is 1.65. The molecule has 0 aromatic heterocycles. The van der Waals surface area contributed by atoms with Crippen LogP contribution in [0.15, 0.2) is 71.6 Å². The van der Waals surface area contributed by atoms with E-state index in [4.69, 9.17) is 9.47 Å². The molecule has 178 valence electrons. The standard InChI is InChI=1S/C26H28N2O5S/c1-17-9-12-20(13-10-17)34(30,31)28-16-25(33-24-15-18(2)11-14-22(24)28)26(29)27-19(3)21-7-5-6-8-23(21)32-4/h5-15,19,25H,16H2,1-4H3,(H,27,29)/t19-,25+/m0/s1.